The lowest BCUT2D eigenvalue weighted by molar-refractivity contribution is -0.116. The third kappa shape index (κ3) is 6.57. The Morgan fingerprint density at radius 3 is 2.62 bits per heavy atom. The van der Waals surface area contributed by atoms with Gasteiger partial charge in [-0.1, -0.05) is 6.07 Å². The van der Waals surface area contributed by atoms with Crippen molar-refractivity contribution in [1.29, 1.82) is 0 Å². The second-order valence-corrected chi connectivity index (χ2v) is 9.60. The summed E-state index contributed by atoms with van der Waals surface area (Å²) in [4.78, 5) is 31.8. The molecule has 2 amide bonds. The van der Waals surface area contributed by atoms with Crippen LogP contribution in [-0.4, -0.2) is 35.9 Å². The van der Waals surface area contributed by atoms with Gasteiger partial charge in [-0.05, 0) is 69.2 Å². The van der Waals surface area contributed by atoms with Crippen LogP contribution >= 0.6 is 11.3 Å². The van der Waals surface area contributed by atoms with Gasteiger partial charge >= 0.3 is 0 Å². The van der Waals surface area contributed by atoms with Gasteiger partial charge in [0.1, 0.15) is 12.4 Å². The first kappa shape index (κ1) is 23.8. The van der Waals surface area contributed by atoms with E-state index < -0.39 is 0 Å². The minimum atomic E-state index is -0.307. The van der Waals surface area contributed by atoms with E-state index >= 15 is 0 Å². The Balaban J connectivity index is 1.23. The van der Waals surface area contributed by atoms with Crippen molar-refractivity contribution in [2.24, 2.45) is 0 Å². The molecule has 0 aliphatic carbocycles. The first-order chi connectivity index (χ1) is 16.5. The van der Waals surface area contributed by atoms with Crippen LogP contribution in [0.4, 0.5) is 11.4 Å². The number of benzene rings is 2. The highest BCUT2D eigenvalue weighted by Crippen LogP contribution is 2.23. The normalized spacial score (nSPS) is 14.0. The number of aromatic nitrogens is 1. The molecule has 1 aliphatic heterocycles. The van der Waals surface area contributed by atoms with Gasteiger partial charge in [-0.2, -0.15) is 0 Å². The Hall–Kier alpha value is -3.39. The molecule has 2 N–H and O–H groups in total. The Morgan fingerprint density at radius 1 is 1.15 bits per heavy atom. The second kappa shape index (κ2) is 11.2. The molecule has 0 bridgehead atoms. The Labute approximate surface area is 204 Å². The molecule has 7 nitrogen and oxygen atoms in total. The molecule has 0 saturated carbocycles. The SMILES string of the molecule is Cc1nc(COc2ccc(C(=O)NC(C)CC(=O)Nc3cccc(N4CCCC4)c3)cc2)cs1. The van der Waals surface area contributed by atoms with E-state index in [-0.39, 0.29) is 24.3 Å². The largest absolute Gasteiger partial charge is 0.487 e. The van der Waals surface area contributed by atoms with Gasteiger partial charge in [0.15, 0.2) is 0 Å². The molecule has 1 atom stereocenters. The van der Waals surface area contributed by atoms with Crippen LogP contribution in [0.1, 0.15) is 47.2 Å². The van der Waals surface area contributed by atoms with Crippen LogP contribution in [0.15, 0.2) is 53.9 Å². The number of carbonyl (C=O) groups excluding carboxylic acids is 2. The number of rotatable bonds is 9. The number of nitrogens with zero attached hydrogens (tertiary/aromatic N) is 2. The van der Waals surface area contributed by atoms with Gasteiger partial charge in [-0.15, -0.1) is 11.3 Å². The molecule has 4 rings (SSSR count). The molecule has 0 radical (unpaired) electrons. The van der Waals surface area contributed by atoms with E-state index in [1.54, 1.807) is 35.6 Å². The Morgan fingerprint density at radius 2 is 1.91 bits per heavy atom. The van der Waals surface area contributed by atoms with Crippen LogP contribution in [0.2, 0.25) is 0 Å². The third-order valence-corrected chi connectivity index (χ3v) is 6.46. The van der Waals surface area contributed by atoms with E-state index in [4.69, 9.17) is 4.74 Å². The maximum atomic E-state index is 12.6. The number of carbonyl (C=O) groups is 2. The number of ether oxygens (including phenoxy) is 1. The van der Waals surface area contributed by atoms with Crippen molar-refractivity contribution < 1.29 is 14.3 Å². The van der Waals surface area contributed by atoms with Gasteiger partial charge in [0.25, 0.3) is 5.91 Å². The highest BCUT2D eigenvalue weighted by molar-refractivity contribution is 7.09. The lowest BCUT2D eigenvalue weighted by Gasteiger charge is -2.19. The van der Waals surface area contributed by atoms with E-state index in [0.717, 1.165) is 35.2 Å². The van der Waals surface area contributed by atoms with Crippen LogP contribution in [-0.2, 0) is 11.4 Å². The zero-order valence-electron chi connectivity index (χ0n) is 19.5. The Kier molecular flexibility index (Phi) is 7.80. The average molecular weight is 479 g/mol. The van der Waals surface area contributed by atoms with Crippen LogP contribution in [0.5, 0.6) is 5.75 Å². The lowest BCUT2D eigenvalue weighted by Crippen LogP contribution is -2.35. The van der Waals surface area contributed by atoms with Crippen LogP contribution in [0.25, 0.3) is 0 Å². The maximum Gasteiger partial charge on any atom is 0.251 e. The number of nitrogens with one attached hydrogen (secondary N) is 2. The maximum absolute atomic E-state index is 12.6. The molecule has 1 aliphatic rings. The number of anilines is 2. The molecule has 1 fully saturated rings. The highest BCUT2D eigenvalue weighted by atomic mass is 32.1. The molecule has 178 valence electrons. The van der Waals surface area contributed by atoms with Gasteiger partial charge in [-0.25, -0.2) is 4.98 Å². The summed E-state index contributed by atoms with van der Waals surface area (Å²) in [6.07, 6.45) is 2.60. The van der Waals surface area contributed by atoms with E-state index in [9.17, 15) is 9.59 Å². The molecule has 3 aromatic rings. The molecule has 2 aromatic carbocycles. The van der Waals surface area contributed by atoms with Crippen molar-refractivity contribution in [2.75, 3.05) is 23.3 Å². The summed E-state index contributed by atoms with van der Waals surface area (Å²) in [5.41, 5.74) is 3.31. The van der Waals surface area contributed by atoms with Crippen LogP contribution < -0.4 is 20.3 Å². The third-order valence-electron chi connectivity index (χ3n) is 5.64. The first-order valence-corrected chi connectivity index (χ1v) is 12.4. The van der Waals surface area contributed by atoms with Gasteiger partial charge in [0, 0.05) is 47.9 Å². The zero-order chi connectivity index (χ0) is 23.9. The summed E-state index contributed by atoms with van der Waals surface area (Å²) in [5, 5.41) is 8.81. The molecule has 2 heterocycles. The minimum Gasteiger partial charge on any atom is -0.487 e. The quantitative estimate of drug-likeness (QED) is 0.463. The van der Waals surface area contributed by atoms with Crippen LogP contribution in [0, 0.1) is 6.92 Å². The molecular formula is C26H30N4O3S. The molecule has 1 unspecified atom stereocenters. The van der Waals surface area contributed by atoms with Gasteiger partial charge in [-0.3, -0.25) is 9.59 Å². The number of thiazole rings is 1. The molecule has 34 heavy (non-hydrogen) atoms. The van der Waals surface area contributed by atoms with Crippen molar-refractivity contribution in [3.05, 3.63) is 70.2 Å². The van der Waals surface area contributed by atoms with E-state index in [1.165, 1.54) is 12.8 Å². The van der Waals surface area contributed by atoms with Crippen molar-refractivity contribution >= 4 is 34.5 Å². The predicted octanol–water partition coefficient (Wildman–Crippen LogP) is 4.78. The minimum absolute atomic E-state index is 0.132. The predicted molar refractivity (Wildman–Crippen MR) is 136 cm³/mol. The molecule has 1 aromatic heterocycles. The summed E-state index contributed by atoms with van der Waals surface area (Å²) in [6.45, 7) is 6.28. The summed E-state index contributed by atoms with van der Waals surface area (Å²) in [7, 11) is 0. The second-order valence-electron chi connectivity index (χ2n) is 8.54. The monoisotopic (exact) mass is 478 g/mol. The molecule has 8 heteroatoms. The van der Waals surface area contributed by atoms with E-state index in [0.29, 0.717) is 17.9 Å². The number of hydrogen-bond acceptors (Lipinski definition) is 6. The standard InChI is InChI=1S/C26H30N4O3S/c1-18(14-25(31)29-21-6-5-7-23(15-21)30-12-3-4-13-30)27-26(32)20-8-10-24(11-9-20)33-16-22-17-34-19(2)28-22/h5-11,15,17-18H,3-4,12-14,16H2,1-2H3,(H,27,32)(H,29,31). The summed E-state index contributed by atoms with van der Waals surface area (Å²) < 4.78 is 5.73. The summed E-state index contributed by atoms with van der Waals surface area (Å²) in [6, 6.07) is 14.6. The summed E-state index contributed by atoms with van der Waals surface area (Å²) >= 11 is 1.59. The smallest absolute Gasteiger partial charge is 0.251 e. The fourth-order valence-corrected chi connectivity index (χ4v) is 4.54. The Bertz CT molecular complexity index is 1120. The highest BCUT2D eigenvalue weighted by Gasteiger charge is 2.16. The first-order valence-electron chi connectivity index (χ1n) is 11.6. The fraction of sp³-hybridized carbons (Fsp3) is 0.346. The van der Waals surface area contributed by atoms with E-state index in [1.807, 2.05) is 37.4 Å². The molecular weight excluding hydrogens is 448 g/mol. The van der Waals surface area contributed by atoms with Gasteiger partial charge in [0.2, 0.25) is 5.91 Å². The van der Waals surface area contributed by atoms with Crippen molar-refractivity contribution in [3.63, 3.8) is 0 Å². The summed E-state index contributed by atoms with van der Waals surface area (Å²) in [5.74, 6) is 0.316. The number of aryl methyl sites for hydroxylation is 1. The lowest BCUT2D eigenvalue weighted by atomic mass is 10.1. The van der Waals surface area contributed by atoms with Gasteiger partial charge in [0.05, 0.1) is 10.7 Å². The average Bonchev–Trinajstić information content (AvgIpc) is 3.50. The van der Waals surface area contributed by atoms with Crippen LogP contribution in [0.3, 0.4) is 0 Å². The van der Waals surface area contributed by atoms with E-state index in [2.05, 4.69) is 26.6 Å². The topological polar surface area (TPSA) is 83.6 Å². The van der Waals surface area contributed by atoms with Crippen molar-refractivity contribution in [2.45, 2.75) is 45.8 Å². The molecule has 1 saturated heterocycles. The number of hydrogen-bond donors (Lipinski definition) is 2. The van der Waals surface area contributed by atoms with Crippen molar-refractivity contribution in [1.82, 2.24) is 10.3 Å². The van der Waals surface area contributed by atoms with Gasteiger partial charge < -0.3 is 20.3 Å². The van der Waals surface area contributed by atoms with Crippen molar-refractivity contribution in [3.8, 4) is 5.75 Å². The number of amides is 2. The fourth-order valence-electron chi connectivity index (χ4n) is 3.94. The molecule has 0 spiro atoms. The zero-order valence-corrected chi connectivity index (χ0v) is 20.4.